The van der Waals surface area contributed by atoms with Crippen LogP contribution in [0.2, 0.25) is 0 Å². The summed E-state index contributed by atoms with van der Waals surface area (Å²) in [4.78, 5) is 0. The van der Waals surface area contributed by atoms with Crippen LogP contribution in [0.15, 0.2) is 6.07 Å². The molecule has 2 N–H and O–H groups in total. The molecule has 0 aliphatic heterocycles. The number of hydrogen-bond acceptors (Lipinski definition) is 3. The number of phenols is 1. The predicted octanol–water partition coefficient (Wildman–Crippen LogP) is 1.94. The van der Waals surface area contributed by atoms with Crippen molar-refractivity contribution >= 4 is 0 Å². The smallest absolute Gasteiger partial charge is 0.163 e. The van der Waals surface area contributed by atoms with Crippen LogP contribution >= 0.6 is 0 Å². The Morgan fingerprint density at radius 3 is 2.47 bits per heavy atom. The molecule has 84 valence electrons. The monoisotopic (exact) mass is 210 g/mol. The maximum absolute atomic E-state index is 9.75. The number of aliphatic hydroxyl groups is 1. The van der Waals surface area contributed by atoms with E-state index in [1.165, 1.54) is 7.11 Å². The summed E-state index contributed by atoms with van der Waals surface area (Å²) in [5, 5.41) is 19.1. The molecule has 0 heterocycles. The Balaban J connectivity index is 3.24. The molecule has 3 nitrogen and oxygen atoms in total. The van der Waals surface area contributed by atoms with E-state index >= 15 is 0 Å². The molecular weight excluding hydrogens is 192 g/mol. The van der Waals surface area contributed by atoms with Gasteiger partial charge in [0.25, 0.3) is 0 Å². The SMILES string of the molecule is COc1c(C)c(CC(C)O)cc(C)c1O. The zero-order valence-electron chi connectivity index (χ0n) is 9.66. The molecule has 1 atom stereocenters. The molecule has 1 aromatic carbocycles. The van der Waals surface area contributed by atoms with Crippen molar-refractivity contribution in [3.8, 4) is 11.5 Å². The minimum Gasteiger partial charge on any atom is -0.504 e. The Morgan fingerprint density at radius 1 is 1.40 bits per heavy atom. The molecule has 3 heteroatoms. The van der Waals surface area contributed by atoms with Crippen molar-refractivity contribution in [1.82, 2.24) is 0 Å². The summed E-state index contributed by atoms with van der Waals surface area (Å²) in [7, 11) is 1.54. The van der Waals surface area contributed by atoms with Gasteiger partial charge in [-0.25, -0.2) is 0 Å². The van der Waals surface area contributed by atoms with Crippen molar-refractivity contribution < 1.29 is 14.9 Å². The summed E-state index contributed by atoms with van der Waals surface area (Å²) in [6, 6.07) is 1.89. The van der Waals surface area contributed by atoms with Gasteiger partial charge in [0.15, 0.2) is 11.5 Å². The molecular formula is C12H18O3. The topological polar surface area (TPSA) is 49.7 Å². The van der Waals surface area contributed by atoms with Gasteiger partial charge in [-0.15, -0.1) is 0 Å². The van der Waals surface area contributed by atoms with Gasteiger partial charge in [0.05, 0.1) is 13.2 Å². The molecule has 0 aliphatic rings. The number of hydrogen-bond donors (Lipinski definition) is 2. The van der Waals surface area contributed by atoms with E-state index in [0.717, 1.165) is 16.7 Å². The van der Waals surface area contributed by atoms with E-state index in [0.29, 0.717) is 12.2 Å². The van der Waals surface area contributed by atoms with Crippen molar-refractivity contribution in [2.24, 2.45) is 0 Å². The Morgan fingerprint density at radius 2 is 2.00 bits per heavy atom. The maximum atomic E-state index is 9.75. The van der Waals surface area contributed by atoms with Gasteiger partial charge in [-0.2, -0.15) is 0 Å². The first-order chi connectivity index (χ1) is 6.97. The molecule has 0 fully saturated rings. The minimum atomic E-state index is -0.391. The summed E-state index contributed by atoms with van der Waals surface area (Å²) >= 11 is 0. The lowest BCUT2D eigenvalue weighted by molar-refractivity contribution is 0.195. The lowest BCUT2D eigenvalue weighted by atomic mass is 9.98. The molecule has 0 spiro atoms. The zero-order chi connectivity index (χ0) is 11.6. The van der Waals surface area contributed by atoms with Crippen molar-refractivity contribution in [3.63, 3.8) is 0 Å². The first-order valence-electron chi connectivity index (χ1n) is 5.01. The second-order valence-corrected chi connectivity index (χ2v) is 3.91. The van der Waals surface area contributed by atoms with Crippen LogP contribution in [0.4, 0.5) is 0 Å². The van der Waals surface area contributed by atoms with E-state index in [4.69, 9.17) is 4.74 Å². The molecule has 15 heavy (non-hydrogen) atoms. The largest absolute Gasteiger partial charge is 0.504 e. The van der Waals surface area contributed by atoms with E-state index in [9.17, 15) is 10.2 Å². The normalized spacial score (nSPS) is 12.6. The summed E-state index contributed by atoms with van der Waals surface area (Å²) in [5.74, 6) is 0.690. The molecule has 0 aliphatic carbocycles. The van der Waals surface area contributed by atoms with Gasteiger partial charge in [0, 0.05) is 0 Å². The summed E-state index contributed by atoms with van der Waals surface area (Å²) in [6.45, 7) is 5.45. The van der Waals surface area contributed by atoms with Crippen LogP contribution in [0.1, 0.15) is 23.6 Å². The maximum Gasteiger partial charge on any atom is 0.163 e. The third-order valence-electron chi connectivity index (χ3n) is 2.52. The Bertz CT molecular complexity index is 356. The average molecular weight is 210 g/mol. The van der Waals surface area contributed by atoms with E-state index in [-0.39, 0.29) is 5.75 Å². The number of aromatic hydroxyl groups is 1. The van der Waals surface area contributed by atoms with E-state index in [1.54, 1.807) is 6.92 Å². The van der Waals surface area contributed by atoms with E-state index in [2.05, 4.69) is 0 Å². The number of phenolic OH excluding ortho intramolecular Hbond substituents is 1. The summed E-state index contributed by atoms with van der Waals surface area (Å²) < 4.78 is 5.15. The highest BCUT2D eigenvalue weighted by atomic mass is 16.5. The van der Waals surface area contributed by atoms with Crippen LogP contribution in [0.5, 0.6) is 11.5 Å². The number of benzene rings is 1. The second kappa shape index (κ2) is 4.53. The van der Waals surface area contributed by atoms with Gasteiger partial charge in [0.1, 0.15) is 0 Å². The molecule has 0 saturated heterocycles. The van der Waals surface area contributed by atoms with Gasteiger partial charge in [0.2, 0.25) is 0 Å². The number of aryl methyl sites for hydroxylation is 1. The van der Waals surface area contributed by atoms with E-state index in [1.807, 2.05) is 19.9 Å². The molecule has 0 aromatic heterocycles. The standard InChI is InChI=1S/C12H18O3/c1-7-5-10(6-8(2)13)9(3)12(15-4)11(7)14/h5,8,13-14H,6H2,1-4H3. The van der Waals surface area contributed by atoms with Crippen molar-refractivity contribution in [2.45, 2.75) is 33.3 Å². The lowest BCUT2D eigenvalue weighted by Crippen LogP contribution is -2.07. The van der Waals surface area contributed by atoms with E-state index < -0.39 is 6.10 Å². The number of ether oxygens (including phenoxy) is 1. The van der Waals surface area contributed by atoms with Gasteiger partial charge in [-0.1, -0.05) is 6.07 Å². The second-order valence-electron chi connectivity index (χ2n) is 3.91. The molecule has 1 rings (SSSR count). The summed E-state index contributed by atoms with van der Waals surface area (Å²) in [5.41, 5.74) is 2.67. The van der Waals surface area contributed by atoms with Crippen molar-refractivity contribution in [1.29, 1.82) is 0 Å². The molecule has 0 bridgehead atoms. The third kappa shape index (κ3) is 2.42. The lowest BCUT2D eigenvalue weighted by Gasteiger charge is -2.15. The fourth-order valence-electron chi connectivity index (χ4n) is 1.72. The number of aliphatic hydroxyl groups excluding tert-OH is 1. The fourth-order valence-corrected chi connectivity index (χ4v) is 1.72. The Kier molecular flexibility index (Phi) is 3.58. The average Bonchev–Trinajstić information content (AvgIpc) is 2.14. The van der Waals surface area contributed by atoms with Crippen molar-refractivity contribution in [2.75, 3.05) is 7.11 Å². The predicted molar refractivity (Wildman–Crippen MR) is 59.5 cm³/mol. The minimum absolute atomic E-state index is 0.185. The number of rotatable bonds is 3. The van der Waals surface area contributed by atoms with Crippen molar-refractivity contribution in [3.05, 3.63) is 22.8 Å². The van der Waals surface area contributed by atoms with Crippen LogP contribution in [0.25, 0.3) is 0 Å². The van der Waals surface area contributed by atoms with Crippen LogP contribution in [-0.2, 0) is 6.42 Å². The van der Waals surface area contributed by atoms with Crippen LogP contribution in [0, 0.1) is 13.8 Å². The molecule has 1 aromatic rings. The van der Waals surface area contributed by atoms with Gasteiger partial charge < -0.3 is 14.9 Å². The first-order valence-corrected chi connectivity index (χ1v) is 5.01. The highest BCUT2D eigenvalue weighted by molar-refractivity contribution is 5.53. The molecule has 0 radical (unpaired) electrons. The summed E-state index contributed by atoms with van der Waals surface area (Å²) in [6.07, 6.45) is 0.181. The van der Waals surface area contributed by atoms with Gasteiger partial charge in [-0.05, 0) is 43.9 Å². The third-order valence-corrected chi connectivity index (χ3v) is 2.52. The highest BCUT2D eigenvalue weighted by Gasteiger charge is 2.14. The molecule has 1 unspecified atom stereocenters. The Hall–Kier alpha value is -1.22. The highest BCUT2D eigenvalue weighted by Crippen LogP contribution is 2.35. The van der Waals surface area contributed by atoms with Crippen LogP contribution in [-0.4, -0.2) is 23.4 Å². The molecule has 0 saturated carbocycles. The fraction of sp³-hybridized carbons (Fsp3) is 0.500. The quantitative estimate of drug-likeness (QED) is 0.801. The molecule has 0 amide bonds. The van der Waals surface area contributed by atoms with Gasteiger partial charge >= 0.3 is 0 Å². The van der Waals surface area contributed by atoms with Crippen LogP contribution < -0.4 is 4.74 Å². The first kappa shape index (κ1) is 11.9. The Labute approximate surface area is 90.3 Å². The number of methoxy groups -OCH3 is 1. The zero-order valence-corrected chi connectivity index (χ0v) is 9.66. The van der Waals surface area contributed by atoms with Gasteiger partial charge in [-0.3, -0.25) is 0 Å². The van der Waals surface area contributed by atoms with Crippen LogP contribution in [0.3, 0.4) is 0 Å².